The van der Waals surface area contributed by atoms with Crippen molar-refractivity contribution in [3.8, 4) is 0 Å². The Morgan fingerprint density at radius 2 is 1.79 bits per heavy atom. The van der Waals surface area contributed by atoms with Gasteiger partial charge in [0.05, 0.1) is 6.42 Å². The van der Waals surface area contributed by atoms with E-state index in [2.05, 4.69) is 5.32 Å². The number of carboxylic acids is 1. The highest BCUT2D eigenvalue weighted by Crippen LogP contribution is 2.22. The van der Waals surface area contributed by atoms with Crippen LogP contribution in [0.1, 0.15) is 31.4 Å². The fraction of sp³-hybridized carbons (Fsp3) is 0.429. The van der Waals surface area contributed by atoms with Gasteiger partial charge in [0.25, 0.3) is 0 Å². The van der Waals surface area contributed by atoms with Crippen molar-refractivity contribution >= 4 is 17.6 Å². The standard InChI is InChI=1S/C14H20N2O3/c1-3-9-6-5-7-10(4-2)13(9)16-12(17)8-11(15)14(18)19/h5-7,11H,3-4,8,15H2,1-2H3,(H,16,17)(H,18,19). The Morgan fingerprint density at radius 1 is 1.26 bits per heavy atom. The van der Waals surface area contributed by atoms with Gasteiger partial charge in [0.15, 0.2) is 0 Å². The highest BCUT2D eigenvalue weighted by Gasteiger charge is 2.17. The van der Waals surface area contributed by atoms with E-state index in [-0.39, 0.29) is 12.3 Å². The average molecular weight is 264 g/mol. The van der Waals surface area contributed by atoms with E-state index in [1.165, 1.54) is 0 Å². The number of hydrogen-bond donors (Lipinski definition) is 3. The number of carbonyl (C=O) groups excluding carboxylic acids is 1. The summed E-state index contributed by atoms with van der Waals surface area (Å²) in [7, 11) is 0. The van der Waals surface area contributed by atoms with Gasteiger partial charge in [-0.15, -0.1) is 0 Å². The minimum Gasteiger partial charge on any atom is -0.480 e. The fourth-order valence-electron chi connectivity index (χ4n) is 1.88. The maximum atomic E-state index is 11.8. The van der Waals surface area contributed by atoms with Crippen LogP contribution in [0.2, 0.25) is 0 Å². The summed E-state index contributed by atoms with van der Waals surface area (Å²) in [6.45, 7) is 4.01. The molecule has 0 saturated heterocycles. The van der Waals surface area contributed by atoms with Crippen LogP contribution in [-0.4, -0.2) is 23.0 Å². The lowest BCUT2D eigenvalue weighted by atomic mass is 10.0. The van der Waals surface area contributed by atoms with Gasteiger partial charge < -0.3 is 16.2 Å². The molecule has 0 spiro atoms. The summed E-state index contributed by atoms with van der Waals surface area (Å²) < 4.78 is 0. The number of para-hydroxylation sites is 1. The Labute approximate surface area is 112 Å². The molecule has 1 rings (SSSR count). The zero-order chi connectivity index (χ0) is 14.4. The Morgan fingerprint density at radius 3 is 2.21 bits per heavy atom. The zero-order valence-electron chi connectivity index (χ0n) is 11.3. The van der Waals surface area contributed by atoms with Gasteiger partial charge in [-0.25, -0.2) is 0 Å². The van der Waals surface area contributed by atoms with Gasteiger partial charge in [0, 0.05) is 5.69 Å². The van der Waals surface area contributed by atoms with Gasteiger partial charge in [0.1, 0.15) is 6.04 Å². The summed E-state index contributed by atoms with van der Waals surface area (Å²) in [4.78, 5) is 22.4. The molecule has 0 heterocycles. The van der Waals surface area contributed by atoms with Crippen LogP contribution in [0.4, 0.5) is 5.69 Å². The van der Waals surface area contributed by atoms with E-state index >= 15 is 0 Å². The molecule has 0 bridgehead atoms. The minimum absolute atomic E-state index is 0.226. The normalized spacial score (nSPS) is 11.9. The van der Waals surface area contributed by atoms with Crippen molar-refractivity contribution < 1.29 is 14.7 Å². The first kappa shape index (κ1) is 15.2. The van der Waals surface area contributed by atoms with Crippen LogP contribution in [0.15, 0.2) is 18.2 Å². The SMILES string of the molecule is CCc1cccc(CC)c1NC(=O)CC(N)C(=O)O. The molecule has 1 aromatic rings. The van der Waals surface area contributed by atoms with Gasteiger partial charge in [-0.1, -0.05) is 32.0 Å². The second-order valence-electron chi connectivity index (χ2n) is 4.36. The number of anilines is 1. The number of hydrogen-bond acceptors (Lipinski definition) is 3. The topological polar surface area (TPSA) is 92.4 Å². The lowest BCUT2D eigenvalue weighted by Crippen LogP contribution is -2.34. The van der Waals surface area contributed by atoms with Crippen molar-refractivity contribution in [1.29, 1.82) is 0 Å². The first-order chi connectivity index (χ1) is 8.99. The molecular formula is C14H20N2O3. The summed E-state index contributed by atoms with van der Waals surface area (Å²) in [5, 5.41) is 11.5. The van der Waals surface area contributed by atoms with Gasteiger partial charge in [-0.05, 0) is 24.0 Å². The Kier molecular flexibility index (Phi) is 5.51. The molecule has 1 aromatic carbocycles. The number of amides is 1. The molecule has 0 aliphatic carbocycles. The summed E-state index contributed by atoms with van der Waals surface area (Å²) in [6, 6.07) is 4.69. The molecule has 0 aliphatic heterocycles. The maximum absolute atomic E-state index is 11.8. The van der Waals surface area contributed by atoms with Gasteiger partial charge in [0.2, 0.25) is 5.91 Å². The zero-order valence-corrected chi connectivity index (χ0v) is 11.3. The highest BCUT2D eigenvalue weighted by atomic mass is 16.4. The molecule has 104 valence electrons. The van der Waals surface area contributed by atoms with Crippen molar-refractivity contribution in [3.05, 3.63) is 29.3 Å². The number of nitrogens with two attached hydrogens (primary N) is 1. The molecular weight excluding hydrogens is 244 g/mol. The third-order valence-corrected chi connectivity index (χ3v) is 2.99. The Bertz CT molecular complexity index is 450. The lowest BCUT2D eigenvalue weighted by molar-refractivity contribution is -0.140. The fourth-order valence-corrected chi connectivity index (χ4v) is 1.88. The summed E-state index contributed by atoms with van der Waals surface area (Å²) in [5.74, 6) is -1.54. The van der Waals surface area contributed by atoms with Crippen LogP contribution in [0.5, 0.6) is 0 Å². The number of aliphatic carboxylic acids is 1. The van der Waals surface area contributed by atoms with E-state index in [9.17, 15) is 9.59 Å². The second-order valence-corrected chi connectivity index (χ2v) is 4.36. The van der Waals surface area contributed by atoms with E-state index in [1.54, 1.807) is 0 Å². The largest absolute Gasteiger partial charge is 0.480 e. The minimum atomic E-state index is -1.17. The van der Waals surface area contributed by atoms with Crippen LogP contribution in [0.3, 0.4) is 0 Å². The first-order valence-corrected chi connectivity index (χ1v) is 6.38. The summed E-state index contributed by atoms with van der Waals surface area (Å²) in [6.07, 6.45) is 1.37. The third kappa shape index (κ3) is 4.06. The van der Waals surface area contributed by atoms with Crippen molar-refractivity contribution in [2.24, 2.45) is 5.73 Å². The van der Waals surface area contributed by atoms with E-state index in [0.717, 1.165) is 29.7 Å². The molecule has 0 radical (unpaired) electrons. The molecule has 5 nitrogen and oxygen atoms in total. The number of nitrogens with one attached hydrogen (secondary N) is 1. The van der Waals surface area contributed by atoms with Crippen LogP contribution in [-0.2, 0) is 22.4 Å². The van der Waals surface area contributed by atoms with Crippen molar-refractivity contribution in [1.82, 2.24) is 0 Å². The monoisotopic (exact) mass is 264 g/mol. The molecule has 4 N–H and O–H groups in total. The van der Waals surface area contributed by atoms with Gasteiger partial charge in [-0.2, -0.15) is 0 Å². The quantitative estimate of drug-likeness (QED) is 0.727. The van der Waals surface area contributed by atoms with Crippen molar-refractivity contribution in [2.45, 2.75) is 39.2 Å². The van der Waals surface area contributed by atoms with Crippen LogP contribution in [0, 0.1) is 0 Å². The Hall–Kier alpha value is -1.88. The predicted molar refractivity (Wildman–Crippen MR) is 74.1 cm³/mol. The number of benzene rings is 1. The predicted octanol–water partition coefficient (Wildman–Crippen LogP) is 1.55. The molecule has 19 heavy (non-hydrogen) atoms. The van der Waals surface area contributed by atoms with Crippen LogP contribution >= 0.6 is 0 Å². The average Bonchev–Trinajstić information content (AvgIpc) is 2.38. The van der Waals surface area contributed by atoms with E-state index in [4.69, 9.17) is 10.8 Å². The lowest BCUT2D eigenvalue weighted by Gasteiger charge is -2.15. The molecule has 0 aliphatic rings. The number of carboxylic acid groups (broad SMARTS) is 1. The molecule has 1 unspecified atom stereocenters. The summed E-state index contributed by atoms with van der Waals surface area (Å²) in [5.41, 5.74) is 8.22. The van der Waals surface area contributed by atoms with E-state index < -0.39 is 12.0 Å². The second kappa shape index (κ2) is 6.89. The molecule has 1 atom stereocenters. The third-order valence-electron chi connectivity index (χ3n) is 2.99. The van der Waals surface area contributed by atoms with E-state index in [0.29, 0.717) is 0 Å². The van der Waals surface area contributed by atoms with Crippen LogP contribution < -0.4 is 11.1 Å². The van der Waals surface area contributed by atoms with Crippen molar-refractivity contribution in [3.63, 3.8) is 0 Å². The van der Waals surface area contributed by atoms with Crippen LogP contribution in [0.25, 0.3) is 0 Å². The molecule has 0 fully saturated rings. The first-order valence-electron chi connectivity index (χ1n) is 6.38. The summed E-state index contributed by atoms with van der Waals surface area (Å²) >= 11 is 0. The Balaban J connectivity index is 2.86. The number of aryl methyl sites for hydroxylation is 2. The smallest absolute Gasteiger partial charge is 0.321 e. The molecule has 0 aromatic heterocycles. The van der Waals surface area contributed by atoms with E-state index in [1.807, 2.05) is 32.0 Å². The van der Waals surface area contributed by atoms with Crippen molar-refractivity contribution in [2.75, 3.05) is 5.32 Å². The number of rotatable bonds is 6. The molecule has 1 amide bonds. The highest BCUT2D eigenvalue weighted by molar-refractivity contribution is 5.95. The molecule has 0 saturated carbocycles. The van der Waals surface area contributed by atoms with Gasteiger partial charge >= 0.3 is 5.97 Å². The number of carbonyl (C=O) groups is 2. The maximum Gasteiger partial charge on any atom is 0.321 e. The molecule has 5 heteroatoms. The van der Waals surface area contributed by atoms with Gasteiger partial charge in [-0.3, -0.25) is 9.59 Å².